The van der Waals surface area contributed by atoms with Crippen LogP contribution < -0.4 is 5.73 Å². The van der Waals surface area contributed by atoms with Gasteiger partial charge in [-0.25, -0.2) is 4.98 Å². The normalized spacial score (nSPS) is 18.2. The molecule has 1 aliphatic heterocycles. The summed E-state index contributed by atoms with van der Waals surface area (Å²) in [4.78, 5) is 18.0. The first kappa shape index (κ1) is 18.6. The zero-order valence-corrected chi connectivity index (χ0v) is 13.3. The van der Waals surface area contributed by atoms with Crippen molar-refractivity contribution in [3.8, 4) is 0 Å². The largest absolute Gasteiger partial charge is 0.373 e. The van der Waals surface area contributed by atoms with E-state index in [1.54, 1.807) is 23.2 Å². The molecular formula is C11H16BrCl2N3O2. The highest BCUT2D eigenvalue weighted by atomic mass is 79.9. The number of ether oxygens (including phenoxy) is 1. The number of morpholine rings is 1. The third-order valence-electron chi connectivity index (χ3n) is 2.64. The molecule has 1 saturated heterocycles. The molecule has 1 atom stereocenters. The minimum absolute atomic E-state index is 0. The molecule has 1 amide bonds. The fourth-order valence-corrected chi connectivity index (χ4v) is 1.95. The molecule has 5 nitrogen and oxygen atoms in total. The molecule has 1 aromatic rings. The second-order valence-corrected chi connectivity index (χ2v) is 4.76. The van der Waals surface area contributed by atoms with E-state index < -0.39 is 0 Å². The predicted octanol–water partition coefficient (Wildman–Crippen LogP) is 1.49. The third kappa shape index (κ3) is 4.89. The van der Waals surface area contributed by atoms with Gasteiger partial charge in [0.2, 0.25) is 0 Å². The molecule has 0 bridgehead atoms. The number of nitrogens with two attached hydrogens (primary N) is 1. The van der Waals surface area contributed by atoms with Crippen molar-refractivity contribution in [2.75, 3.05) is 26.2 Å². The fraction of sp³-hybridized carbons (Fsp3) is 0.455. The quantitative estimate of drug-likeness (QED) is 0.853. The molecule has 0 aliphatic carbocycles. The first-order chi connectivity index (χ1) is 8.20. The second-order valence-electron chi connectivity index (χ2n) is 3.84. The van der Waals surface area contributed by atoms with Gasteiger partial charge in [0.1, 0.15) is 5.69 Å². The standard InChI is InChI=1S/C11H14BrN3O2.2ClH/c12-8-1-2-10(14-6-8)11(16)15-3-4-17-9(5-13)7-15;;/h1-2,6,9H,3-5,7,13H2;2*1H. The van der Waals surface area contributed by atoms with E-state index in [4.69, 9.17) is 10.5 Å². The second kappa shape index (κ2) is 8.71. The molecular weight excluding hydrogens is 357 g/mol. The Balaban J connectivity index is 0.00000162. The summed E-state index contributed by atoms with van der Waals surface area (Å²) in [5, 5.41) is 0. The molecule has 8 heteroatoms. The zero-order valence-electron chi connectivity index (χ0n) is 10.1. The molecule has 1 aliphatic rings. The van der Waals surface area contributed by atoms with Crippen LogP contribution in [0.3, 0.4) is 0 Å². The zero-order chi connectivity index (χ0) is 12.3. The van der Waals surface area contributed by atoms with Gasteiger partial charge in [0.15, 0.2) is 0 Å². The Morgan fingerprint density at radius 1 is 1.53 bits per heavy atom. The third-order valence-corrected chi connectivity index (χ3v) is 3.10. The molecule has 0 aromatic carbocycles. The average molecular weight is 373 g/mol. The van der Waals surface area contributed by atoms with Crippen molar-refractivity contribution in [2.24, 2.45) is 5.73 Å². The summed E-state index contributed by atoms with van der Waals surface area (Å²) in [6, 6.07) is 3.51. The van der Waals surface area contributed by atoms with Gasteiger partial charge in [0.05, 0.1) is 12.7 Å². The molecule has 2 N–H and O–H groups in total. The van der Waals surface area contributed by atoms with Gasteiger partial charge in [-0.2, -0.15) is 0 Å². The van der Waals surface area contributed by atoms with Crippen molar-refractivity contribution in [3.63, 3.8) is 0 Å². The lowest BCUT2D eigenvalue weighted by Gasteiger charge is -2.32. The van der Waals surface area contributed by atoms with Crippen LogP contribution in [0.4, 0.5) is 0 Å². The van der Waals surface area contributed by atoms with E-state index in [9.17, 15) is 4.79 Å². The van der Waals surface area contributed by atoms with Crippen molar-refractivity contribution >= 4 is 46.7 Å². The smallest absolute Gasteiger partial charge is 0.272 e. The molecule has 0 spiro atoms. The molecule has 1 fully saturated rings. The van der Waals surface area contributed by atoms with Crippen molar-refractivity contribution in [1.29, 1.82) is 0 Å². The van der Waals surface area contributed by atoms with Crippen LogP contribution in [0.5, 0.6) is 0 Å². The van der Waals surface area contributed by atoms with Crippen LogP contribution >= 0.6 is 40.7 Å². The fourth-order valence-electron chi connectivity index (χ4n) is 1.71. The Bertz CT molecular complexity index is 405. The maximum absolute atomic E-state index is 12.1. The van der Waals surface area contributed by atoms with Gasteiger partial charge < -0.3 is 15.4 Å². The van der Waals surface area contributed by atoms with Gasteiger partial charge in [0.25, 0.3) is 5.91 Å². The molecule has 2 heterocycles. The molecule has 0 radical (unpaired) electrons. The van der Waals surface area contributed by atoms with Gasteiger partial charge in [-0.3, -0.25) is 4.79 Å². The molecule has 0 saturated carbocycles. The summed E-state index contributed by atoms with van der Waals surface area (Å²) in [5.74, 6) is -0.0701. The van der Waals surface area contributed by atoms with Crippen LogP contribution in [0.1, 0.15) is 10.5 Å². The summed E-state index contributed by atoms with van der Waals surface area (Å²) in [5.41, 5.74) is 5.99. The van der Waals surface area contributed by atoms with Gasteiger partial charge in [-0.1, -0.05) is 0 Å². The number of halogens is 3. The predicted molar refractivity (Wildman–Crippen MR) is 81.1 cm³/mol. The monoisotopic (exact) mass is 371 g/mol. The number of rotatable bonds is 2. The lowest BCUT2D eigenvalue weighted by atomic mass is 10.2. The minimum atomic E-state index is -0.0701. The van der Waals surface area contributed by atoms with Gasteiger partial charge in [0, 0.05) is 30.3 Å². The van der Waals surface area contributed by atoms with Crippen molar-refractivity contribution in [1.82, 2.24) is 9.88 Å². The highest BCUT2D eigenvalue weighted by Crippen LogP contribution is 2.11. The molecule has 108 valence electrons. The lowest BCUT2D eigenvalue weighted by molar-refractivity contribution is -0.0169. The highest BCUT2D eigenvalue weighted by molar-refractivity contribution is 9.10. The SMILES string of the molecule is Cl.Cl.NCC1CN(C(=O)c2ccc(Br)cn2)CCO1. The number of carbonyl (C=O) groups is 1. The van der Waals surface area contributed by atoms with E-state index in [-0.39, 0.29) is 36.8 Å². The van der Waals surface area contributed by atoms with Crippen molar-refractivity contribution < 1.29 is 9.53 Å². The average Bonchev–Trinajstić information content (AvgIpc) is 2.39. The number of hydrogen-bond donors (Lipinski definition) is 1. The lowest BCUT2D eigenvalue weighted by Crippen LogP contribution is -2.48. The van der Waals surface area contributed by atoms with Gasteiger partial charge in [-0.15, -0.1) is 24.8 Å². The van der Waals surface area contributed by atoms with E-state index in [0.29, 0.717) is 31.9 Å². The van der Waals surface area contributed by atoms with E-state index >= 15 is 0 Å². The topological polar surface area (TPSA) is 68.5 Å². The number of carbonyl (C=O) groups excluding carboxylic acids is 1. The highest BCUT2D eigenvalue weighted by Gasteiger charge is 2.24. The number of hydrogen-bond acceptors (Lipinski definition) is 4. The number of pyridine rings is 1. The van der Waals surface area contributed by atoms with Crippen LogP contribution in [0.25, 0.3) is 0 Å². The maximum atomic E-state index is 12.1. The van der Waals surface area contributed by atoms with Gasteiger partial charge in [-0.05, 0) is 28.1 Å². The summed E-state index contributed by atoms with van der Waals surface area (Å²) >= 11 is 3.29. The van der Waals surface area contributed by atoms with Crippen molar-refractivity contribution in [2.45, 2.75) is 6.10 Å². The Labute approximate surface area is 132 Å². The van der Waals surface area contributed by atoms with Crippen LogP contribution in [0.2, 0.25) is 0 Å². The summed E-state index contributed by atoms with van der Waals surface area (Å²) in [6.07, 6.45) is 1.55. The van der Waals surface area contributed by atoms with Crippen LogP contribution in [-0.4, -0.2) is 48.1 Å². The van der Waals surface area contributed by atoms with Gasteiger partial charge >= 0.3 is 0 Å². The Morgan fingerprint density at radius 2 is 2.26 bits per heavy atom. The Morgan fingerprint density at radius 3 is 2.84 bits per heavy atom. The molecule has 2 rings (SSSR count). The van der Waals surface area contributed by atoms with E-state index in [2.05, 4.69) is 20.9 Å². The molecule has 1 aromatic heterocycles. The summed E-state index contributed by atoms with van der Waals surface area (Å²) < 4.78 is 6.27. The van der Waals surface area contributed by atoms with Crippen LogP contribution in [0, 0.1) is 0 Å². The van der Waals surface area contributed by atoms with E-state index in [1.165, 1.54) is 0 Å². The first-order valence-corrected chi connectivity index (χ1v) is 6.22. The number of nitrogens with zero attached hydrogens (tertiary/aromatic N) is 2. The maximum Gasteiger partial charge on any atom is 0.272 e. The summed E-state index contributed by atoms with van der Waals surface area (Å²) in [7, 11) is 0. The number of amides is 1. The van der Waals surface area contributed by atoms with Crippen molar-refractivity contribution in [3.05, 3.63) is 28.5 Å². The van der Waals surface area contributed by atoms with E-state index in [0.717, 1.165) is 4.47 Å². The molecule has 1 unspecified atom stereocenters. The van der Waals surface area contributed by atoms with E-state index in [1.807, 2.05) is 0 Å². The molecule has 19 heavy (non-hydrogen) atoms. The Kier molecular flexibility index (Phi) is 8.52. The minimum Gasteiger partial charge on any atom is -0.373 e. The van der Waals surface area contributed by atoms with Crippen LogP contribution in [-0.2, 0) is 4.74 Å². The summed E-state index contributed by atoms with van der Waals surface area (Å²) in [6.45, 7) is 2.09. The van der Waals surface area contributed by atoms with Crippen LogP contribution in [0.15, 0.2) is 22.8 Å². The number of aromatic nitrogens is 1. The Hall–Kier alpha value is -0.400. The first-order valence-electron chi connectivity index (χ1n) is 5.43.